The minimum Gasteiger partial charge on any atom is -0.369 e. The predicted molar refractivity (Wildman–Crippen MR) is 62.1 cm³/mol. The molecule has 0 radical (unpaired) electrons. The zero-order valence-electron chi connectivity index (χ0n) is 9.17. The second kappa shape index (κ2) is 4.94. The van der Waals surface area contributed by atoms with Crippen molar-refractivity contribution in [3.63, 3.8) is 0 Å². The first-order chi connectivity index (χ1) is 7.75. The Labute approximate surface area is 94.9 Å². The van der Waals surface area contributed by atoms with E-state index in [0.29, 0.717) is 6.54 Å². The van der Waals surface area contributed by atoms with Gasteiger partial charge in [-0.1, -0.05) is 0 Å². The summed E-state index contributed by atoms with van der Waals surface area (Å²) in [4.78, 5) is 19.2. The van der Waals surface area contributed by atoms with Gasteiger partial charge in [-0.3, -0.25) is 14.7 Å². The maximum Gasteiger partial charge on any atom is 0.231 e. The molecule has 1 fully saturated rings. The zero-order valence-corrected chi connectivity index (χ0v) is 9.17. The Morgan fingerprint density at radius 3 is 2.69 bits per heavy atom. The number of carbonyl (C=O) groups is 1. The van der Waals surface area contributed by atoms with Crippen molar-refractivity contribution in [3.8, 4) is 0 Å². The molecule has 2 N–H and O–H groups in total. The summed E-state index contributed by atoms with van der Waals surface area (Å²) in [7, 11) is 0. The van der Waals surface area contributed by atoms with Gasteiger partial charge in [0.15, 0.2) is 0 Å². The molecule has 0 aliphatic carbocycles. The van der Waals surface area contributed by atoms with E-state index in [1.54, 1.807) is 6.20 Å². The molecule has 1 amide bonds. The molecule has 2 rings (SSSR count). The second-order valence-electron chi connectivity index (χ2n) is 3.94. The van der Waals surface area contributed by atoms with E-state index in [2.05, 4.69) is 20.9 Å². The van der Waals surface area contributed by atoms with E-state index >= 15 is 0 Å². The lowest BCUT2D eigenvalue weighted by Gasteiger charge is -2.35. The molecule has 0 bridgehead atoms. The number of nitrogens with two attached hydrogens (primary N) is 1. The van der Waals surface area contributed by atoms with Crippen LogP contribution in [0.2, 0.25) is 0 Å². The maximum atomic E-state index is 10.8. The largest absolute Gasteiger partial charge is 0.369 e. The van der Waals surface area contributed by atoms with E-state index in [-0.39, 0.29) is 5.91 Å². The van der Waals surface area contributed by atoms with Gasteiger partial charge < -0.3 is 10.6 Å². The van der Waals surface area contributed by atoms with Crippen molar-refractivity contribution in [2.45, 2.75) is 0 Å². The van der Waals surface area contributed by atoms with Gasteiger partial charge in [-0.05, 0) is 12.1 Å². The highest BCUT2D eigenvalue weighted by molar-refractivity contribution is 5.75. The summed E-state index contributed by atoms with van der Waals surface area (Å²) in [5, 5.41) is 0. The molecule has 86 valence electrons. The highest BCUT2D eigenvalue weighted by Crippen LogP contribution is 2.13. The van der Waals surface area contributed by atoms with Gasteiger partial charge in [-0.2, -0.15) is 0 Å². The quantitative estimate of drug-likeness (QED) is 0.759. The Morgan fingerprint density at radius 2 is 2.12 bits per heavy atom. The number of hydrogen-bond acceptors (Lipinski definition) is 4. The molecule has 0 saturated carbocycles. The fraction of sp³-hybridized carbons (Fsp3) is 0.455. The topological polar surface area (TPSA) is 62.5 Å². The molecule has 1 aliphatic rings. The van der Waals surface area contributed by atoms with Crippen LogP contribution in [0.15, 0.2) is 24.5 Å². The third-order valence-corrected chi connectivity index (χ3v) is 2.76. The summed E-state index contributed by atoms with van der Waals surface area (Å²) in [6.07, 6.45) is 3.64. The molecule has 2 heterocycles. The van der Waals surface area contributed by atoms with Crippen LogP contribution < -0.4 is 10.6 Å². The fourth-order valence-corrected chi connectivity index (χ4v) is 1.93. The van der Waals surface area contributed by atoms with Crippen molar-refractivity contribution < 1.29 is 4.79 Å². The predicted octanol–water partition coefficient (Wildman–Crippen LogP) is -0.311. The Hall–Kier alpha value is -1.62. The number of carbonyl (C=O) groups excluding carboxylic acids is 1. The highest BCUT2D eigenvalue weighted by Gasteiger charge is 2.17. The van der Waals surface area contributed by atoms with Gasteiger partial charge in [0, 0.05) is 32.4 Å². The Bertz CT molecular complexity index is 346. The van der Waals surface area contributed by atoms with Crippen molar-refractivity contribution in [1.29, 1.82) is 0 Å². The van der Waals surface area contributed by atoms with Crippen LogP contribution in [0.5, 0.6) is 0 Å². The van der Waals surface area contributed by atoms with Gasteiger partial charge >= 0.3 is 0 Å². The van der Waals surface area contributed by atoms with Gasteiger partial charge in [0.1, 0.15) is 0 Å². The van der Waals surface area contributed by atoms with Crippen LogP contribution in [-0.2, 0) is 4.79 Å². The molecular weight excluding hydrogens is 204 g/mol. The van der Waals surface area contributed by atoms with Crippen molar-refractivity contribution in [2.24, 2.45) is 5.73 Å². The van der Waals surface area contributed by atoms with Gasteiger partial charge in [0.05, 0.1) is 18.4 Å². The molecular formula is C11H16N4O. The third-order valence-electron chi connectivity index (χ3n) is 2.76. The number of piperazine rings is 1. The van der Waals surface area contributed by atoms with Gasteiger partial charge in [0.2, 0.25) is 5.91 Å². The molecule has 1 aromatic rings. The molecule has 0 aromatic carbocycles. The Balaban J connectivity index is 1.88. The zero-order chi connectivity index (χ0) is 11.4. The summed E-state index contributed by atoms with van der Waals surface area (Å²) in [5.41, 5.74) is 6.30. The van der Waals surface area contributed by atoms with E-state index in [0.717, 1.165) is 31.9 Å². The minimum absolute atomic E-state index is 0.255. The minimum atomic E-state index is -0.255. The molecule has 1 aromatic heterocycles. The number of nitrogens with zero attached hydrogens (tertiary/aromatic N) is 3. The normalized spacial score (nSPS) is 17.4. The molecule has 0 atom stereocenters. The van der Waals surface area contributed by atoms with Crippen LogP contribution in [0, 0.1) is 0 Å². The summed E-state index contributed by atoms with van der Waals surface area (Å²) < 4.78 is 0. The lowest BCUT2D eigenvalue weighted by Crippen LogP contribution is -2.48. The first-order valence-electron chi connectivity index (χ1n) is 5.41. The second-order valence-corrected chi connectivity index (χ2v) is 3.94. The summed E-state index contributed by atoms with van der Waals surface area (Å²) in [5.74, 6) is -0.255. The molecule has 16 heavy (non-hydrogen) atoms. The molecule has 5 heteroatoms. The standard InChI is InChI=1S/C11H16N4O/c12-11(16)9-14-4-6-15(7-5-14)10-2-1-3-13-8-10/h1-3,8H,4-7,9H2,(H2,12,16). The van der Waals surface area contributed by atoms with Crippen molar-refractivity contribution >= 4 is 11.6 Å². The van der Waals surface area contributed by atoms with Crippen molar-refractivity contribution in [2.75, 3.05) is 37.6 Å². The van der Waals surface area contributed by atoms with Crippen LogP contribution in [0.4, 0.5) is 5.69 Å². The van der Waals surface area contributed by atoms with Crippen LogP contribution in [0.25, 0.3) is 0 Å². The number of amides is 1. The average Bonchev–Trinajstić information content (AvgIpc) is 2.30. The number of aromatic nitrogens is 1. The number of anilines is 1. The molecule has 0 spiro atoms. The molecule has 1 saturated heterocycles. The number of hydrogen-bond donors (Lipinski definition) is 1. The summed E-state index contributed by atoms with van der Waals surface area (Å²) in [6, 6.07) is 3.99. The Morgan fingerprint density at radius 1 is 1.38 bits per heavy atom. The smallest absolute Gasteiger partial charge is 0.231 e. The van der Waals surface area contributed by atoms with Gasteiger partial charge in [0.25, 0.3) is 0 Å². The number of pyridine rings is 1. The maximum absolute atomic E-state index is 10.8. The molecule has 5 nitrogen and oxygen atoms in total. The van der Waals surface area contributed by atoms with Crippen LogP contribution in [0.1, 0.15) is 0 Å². The third kappa shape index (κ3) is 2.70. The van der Waals surface area contributed by atoms with E-state index in [1.807, 2.05) is 12.3 Å². The molecule has 1 aliphatic heterocycles. The first-order valence-corrected chi connectivity index (χ1v) is 5.41. The fourth-order valence-electron chi connectivity index (χ4n) is 1.93. The SMILES string of the molecule is NC(=O)CN1CCN(c2cccnc2)CC1. The van der Waals surface area contributed by atoms with Crippen LogP contribution >= 0.6 is 0 Å². The number of rotatable bonds is 3. The van der Waals surface area contributed by atoms with E-state index < -0.39 is 0 Å². The Kier molecular flexibility index (Phi) is 3.36. The van der Waals surface area contributed by atoms with Crippen LogP contribution in [-0.4, -0.2) is 48.5 Å². The highest BCUT2D eigenvalue weighted by atomic mass is 16.1. The van der Waals surface area contributed by atoms with E-state index in [4.69, 9.17) is 5.73 Å². The van der Waals surface area contributed by atoms with E-state index in [9.17, 15) is 4.79 Å². The first kappa shape index (κ1) is 10.9. The lowest BCUT2D eigenvalue weighted by molar-refractivity contribution is -0.119. The summed E-state index contributed by atoms with van der Waals surface area (Å²) in [6.45, 7) is 3.94. The average molecular weight is 220 g/mol. The van der Waals surface area contributed by atoms with Crippen molar-refractivity contribution in [3.05, 3.63) is 24.5 Å². The van der Waals surface area contributed by atoms with Gasteiger partial charge in [-0.15, -0.1) is 0 Å². The van der Waals surface area contributed by atoms with Gasteiger partial charge in [-0.25, -0.2) is 0 Å². The lowest BCUT2D eigenvalue weighted by atomic mass is 10.2. The van der Waals surface area contributed by atoms with E-state index in [1.165, 1.54) is 0 Å². The summed E-state index contributed by atoms with van der Waals surface area (Å²) >= 11 is 0. The van der Waals surface area contributed by atoms with Crippen molar-refractivity contribution in [1.82, 2.24) is 9.88 Å². The monoisotopic (exact) mass is 220 g/mol. The number of primary amides is 1. The van der Waals surface area contributed by atoms with Crippen LogP contribution in [0.3, 0.4) is 0 Å². The molecule has 0 unspecified atom stereocenters.